The van der Waals surface area contributed by atoms with Crippen LogP contribution in [0.1, 0.15) is 478 Å². The standard InChI is InChI=1S/C89H174O17P2/c1-7-9-11-13-15-17-19-20-21-24-32-37-43-49-55-61-67-73-88(93)105-84(77-99-86(91)71-65-59-53-47-39-18-16-14-12-10-8-2)79-103-107(95,96)101-75-83(90)76-102-108(97,98)104-80-85(78-100-87(92)72-66-60-54-48-42-36-31-28-27-30-35-41-46-52-58-64-70-82(5)6)106-89(94)74-68-62-56-50-44-38-33-26-23-22-25-29-34-40-45-51-57-63-69-81(3)4/h81-85,90H,7-80H2,1-6H3,(H,95,96)(H,97,98)/t83-,84+,85+/m0/s1. The molecule has 5 atom stereocenters. The van der Waals surface area contributed by atoms with Crippen molar-refractivity contribution in [2.75, 3.05) is 39.6 Å². The second-order valence-electron chi connectivity index (χ2n) is 32.9. The van der Waals surface area contributed by atoms with Crippen molar-refractivity contribution in [3.63, 3.8) is 0 Å². The van der Waals surface area contributed by atoms with Crippen LogP contribution in [0, 0.1) is 11.8 Å². The van der Waals surface area contributed by atoms with Gasteiger partial charge in [-0.1, -0.05) is 427 Å². The van der Waals surface area contributed by atoms with Gasteiger partial charge in [0.1, 0.15) is 19.3 Å². The van der Waals surface area contributed by atoms with Crippen molar-refractivity contribution >= 4 is 39.5 Å². The van der Waals surface area contributed by atoms with Gasteiger partial charge >= 0.3 is 39.5 Å². The molecule has 0 saturated heterocycles. The Morgan fingerprint density at radius 1 is 0.250 bits per heavy atom. The minimum absolute atomic E-state index is 0.109. The van der Waals surface area contributed by atoms with Gasteiger partial charge in [-0.25, -0.2) is 9.13 Å². The van der Waals surface area contributed by atoms with Crippen molar-refractivity contribution < 1.29 is 80.2 Å². The van der Waals surface area contributed by atoms with Gasteiger partial charge in [-0.15, -0.1) is 0 Å². The average molecular weight is 1580 g/mol. The lowest BCUT2D eigenvalue weighted by molar-refractivity contribution is -0.161. The lowest BCUT2D eigenvalue weighted by atomic mass is 10.0. The molecule has 0 bridgehead atoms. The maximum Gasteiger partial charge on any atom is 0.472 e. The Morgan fingerprint density at radius 2 is 0.426 bits per heavy atom. The third kappa shape index (κ3) is 82.1. The Bertz CT molecular complexity index is 2060. The van der Waals surface area contributed by atoms with Crippen LogP contribution in [0.5, 0.6) is 0 Å². The van der Waals surface area contributed by atoms with E-state index >= 15 is 0 Å². The number of ether oxygens (including phenoxy) is 4. The number of hydrogen-bond acceptors (Lipinski definition) is 15. The number of aliphatic hydroxyl groups excluding tert-OH is 1. The van der Waals surface area contributed by atoms with Crippen LogP contribution in [-0.4, -0.2) is 96.7 Å². The molecule has 0 heterocycles. The summed E-state index contributed by atoms with van der Waals surface area (Å²) in [6.07, 6.45) is 73.6. The molecule has 0 rings (SSSR count). The zero-order valence-corrected chi connectivity index (χ0v) is 73.0. The molecule has 2 unspecified atom stereocenters. The molecular weight excluding hydrogens is 1400 g/mol. The summed E-state index contributed by atoms with van der Waals surface area (Å²) in [6.45, 7) is 9.76. The summed E-state index contributed by atoms with van der Waals surface area (Å²) in [6, 6.07) is 0. The molecule has 3 N–H and O–H groups in total. The first kappa shape index (κ1) is 106. The minimum atomic E-state index is -4.97. The highest BCUT2D eigenvalue weighted by molar-refractivity contribution is 7.47. The number of aliphatic hydroxyl groups is 1. The molecule has 0 aromatic carbocycles. The molecule has 108 heavy (non-hydrogen) atoms. The van der Waals surface area contributed by atoms with Gasteiger partial charge in [0.2, 0.25) is 0 Å². The van der Waals surface area contributed by atoms with Crippen LogP contribution in [0.3, 0.4) is 0 Å². The Kier molecular flexibility index (Phi) is 78.8. The van der Waals surface area contributed by atoms with Gasteiger partial charge in [0.25, 0.3) is 0 Å². The van der Waals surface area contributed by atoms with Crippen molar-refractivity contribution in [3.05, 3.63) is 0 Å². The van der Waals surface area contributed by atoms with Crippen molar-refractivity contribution in [2.24, 2.45) is 11.8 Å². The molecule has 0 radical (unpaired) electrons. The maximum absolute atomic E-state index is 13.2. The largest absolute Gasteiger partial charge is 0.472 e. The molecule has 0 saturated carbocycles. The fraction of sp³-hybridized carbons (Fsp3) is 0.955. The smallest absolute Gasteiger partial charge is 0.462 e. The van der Waals surface area contributed by atoms with Crippen LogP contribution in [-0.2, 0) is 65.4 Å². The molecule has 0 aliphatic carbocycles. The Labute approximate surface area is 664 Å². The first-order valence-electron chi connectivity index (χ1n) is 46.0. The lowest BCUT2D eigenvalue weighted by Gasteiger charge is -2.21. The lowest BCUT2D eigenvalue weighted by Crippen LogP contribution is -2.30. The number of phosphoric acid groups is 2. The van der Waals surface area contributed by atoms with Crippen molar-refractivity contribution in [2.45, 2.75) is 496 Å². The SMILES string of the molecule is CCCCCCCCCCCCCCCCCCCC(=O)O[C@H](COC(=O)CCCCCCCCCCCCC)COP(=O)(O)OC[C@H](O)COP(=O)(O)OC[C@@H](COC(=O)CCCCCCCCCCCCCCCCCCC(C)C)OC(=O)CCCCCCCCCCCCCCCCCCCCC(C)C. The first-order valence-corrected chi connectivity index (χ1v) is 49.0. The summed E-state index contributed by atoms with van der Waals surface area (Å²) in [4.78, 5) is 73.3. The fourth-order valence-corrected chi connectivity index (χ4v) is 15.5. The molecule has 642 valence electrons. The zero-order valence-electron chi connectivity index (χ0n) is 71.2. The van der Waals surface area contributed by atoms with E-state index in [1.54, 1.807) is 0 Å². The zero-order chi connectivity index (χ0) is 79.2. The number of carbonyl (C=O) groups is 4. The summed E-state index contributed by atoms with van der Waals surface area (Å²) < 4.78 is 69.0. The molecule has 0 aromatic rings. The maximum atomic E-state index is 13.2. The fourth-order valence-electron chi connectivity index (χ4n) is 14.0. The molecule has 0 spiro atoms. The van der Waals surface area contributed by atoms with Crippen molar-refractivity contribution in [1.82, 2.24) is 0 Å². The van der Waals surface area contributed by atoms with Gasteiger partial charge in [-0.2, -0.15) is 0 Å². The highest BCUT2D eigenvalue weighted by Gasteiger charge is 2.31. The van der Waals surface area contributed by atoms with Crippen LogP contribution >= 0.6 is 15.6 Å². The van der Waals surface area contributed by atoms with Gasteiger partial charge in [0.15, 0.2) is 12.2 Å². The summed E-state index contributed by atoms with van der Waals surface area (Å²) in [5.41, 5.74) is 0. The highest BCUT2D eigenvalue weighted by atomic mass is 31.2. The topological polar surface area (TPSA) is 237 Å². The van der Waals surface area contributed by atoms with Gasteiger partial charge in [0.05, 0.1) is 26.4 Å². The van der Waals surface area contributed by atoms with E-state index in [1.807, 2.05) is 0 Å². The Balaban J connectivity index is 5.24. The minimum Gasteiger partial charge on any atom is -0.462 e. The third-order valence-electron chi connectivity index (χ3n) is 21.0. The summed E-state index contributed by atoms with van der Waals surface area (Å²) >= 11 is 0. The molecule has 0 aromatic heterocycles. The molecule has 17 nitrogen and oxygen atoms in total. The second kappa shape index (κ2) is 80.3. The van der Waals surface area contributed by atoms with E-state index in [2.05, 4.69) is 41.5 Å². The van der Waals surface area contributed by atoms with Crippen LogP contribution < -0.4 is 0 Å². The predicted molar refractivity (Wildman–Crippen MR) is 446 cm³/mol. The van der Waals surface area contributed by atoms with E-state index in [0.29, 0.717) is 25.7 Å². The monoisotopic (exact) mass is 1580 g/mol. The van der Waals surface area contributed by atoms with Crippen LogP contribution in [0.2, 0.25) is 0 Å². The average Bonchev–Trinajstić information content (AvgIpc) is 0.935. The first-order chi connectivity index (χ1) is 52.4. The third-order valence-corrected chi connectivity index (χ3v) is 22.9. The molecule has 0 aliphatic rings. The van der Waals surface area contributed by atoms with E-state index in [4.69, 9.17) is 37.0 Å². The summed E-state index contributed by atoms with van der Waals surface area (Å²) in [5, 5.41) is 10.7. The van der Waals surface area contributed by atoms with Crippen LogP contribution in [0.4, 0.5) is 0 Å². The van der Waals surface area contributed by atoms with Crippen molar-refractivity contribution in [3.8, 4) is 0 Å². The Hall–Kier alpha value is -1.94. The van der Waals surface area contributed by atoms with Gasteiger partial charge < -0.3 is 33.8 Å². The Morgan fingerprint density at radius 3 is 0.630 bits per heavy atom. The van der Waals surface area contributed by atoms with Crippen molar-refractivity contribution in [1.29, 1.82) is 0 Å². The second-order valence-corrected chi connectivity index (χ2v) is 35.8. The molecular formula is C89H174O17P2. The number of hydrogen-bond donors (Lipinski definition) is 3. The highest BCUT2D eigenvalue weighted by Crippen LogP contribution is 2.45. The molecule has 0 amide bonds. The molecule has 0 fully saturated rings. The summed E-state index contributed by atoms with van der Waals surface area (Å²) in [5.74, 6) is -0.463. The normalized spacial score (nSPS) is 13.8. The van der Waals surface area contributed by atoms with Gasteiger partial charge in [0, 0.05) is 25.7 Å². The number of rotatable bonds is 88. The van der Waals surface area contributed by atoms with E-state index in [1.165, 1.54) is 295 Å². The summed E-state index contributed by atoms with van der Waals surface area (Å²) in [7, 11) is -9.93. The number of phosphoric ester groups is 2. The van der Waals surface area contributed by atoms with Crippen LogP contribution in [0.25, 0.3) is 0 Å². The van der Waals surface area contributed by atoms with E-state index in [0.717, 1.165) is 102 Å². The van der Waals surface area contributed by atoms with E-state index < -0.39 is 97.5 Å². The molecule has 0 aliphatic heterocycles. The number of unbranched alkanes of at least 4 members (excludes halogenated alkanes) is 58. The number of esters is 4. The van der Waals surface area contributed by atoms with Crippen LogP contribution in [0.15, 0.2) is 0 Å². The van der Waals surface area contributed by atoms with Gasteiger partial charge in [-0.05, 0) is 37.5 Å². The number of carbonyl (C=O) groups excluding carboxylic acids is 4. The van der Waals surface area contributed by atoms with E-state index in [9.17, 15) is 43.2 Å². The predicted octanol–water partition coefficient (Wildman–Crippen LogP) is 27.4. The quantitative estimate of drug-likeness (QED) is 0.0222. The molecule has 19 heteroatoms. The van der Waals surface area contributed by atoms with E-state index in [-0.39, 0.29) is 25.7 Å². The van der Waals surface area contributed by atoms with Gasteiger partial charge in [-0.3, -0.25) is 37.3 Å².